The van der Waals surface area contributed by atoms with Gasteiger partial charge >= 0.3 is 5.97 Å². The highest BCUT2D eigenvalue weighted by Crippen LogP contribution is 2.31. The van der Waals surface area contributed by atoms with Gasteiger partial charge in [0, 0.05) is 17.0 Å². The van der Waals surface area contributed by atoms with Crippen molar-refractivity contribution in [1.82, 2.24) is 4.98 Å². The number of esters is 1. The van der Waals surface area contributed by atoms with Gasteiger partial charge in [-0.15, -0.1) is 0 Å². The summed E-state index contributed by atoms with van der Waals surface area (Å²) in [6.07, 6.45) is 0. The third-order valence-electron chi connectivity index (χ3n) is 4.70. The van der Waals surface area contributed by atoms with Crippen LogP contribution < -0.4 is 0 Å². The molecule has 1 aromatic heterocycles. The maximum absolute atomic E-state index is 13.0. The molecular formula is C23H16N2O5. The SMILES string of the molecule is O=C(OCC(=O)c1c(-c2ccccc2)[nH]c2ccccc12)c1ccccc1[N+](=O)[O-]. The zero-order chi connectivity index (χ0) is 21.1. The summed E-state index contributed by atoms with van der Waals surface area (Å²) in [6, 6.07) is 22.2. The van der Waals surface area contributed by atoms with Crippen molar-refractivity contribution in [3.63, 3.8) is 0 Å². The van der Waals surface area contributed by atoms with E-state index in [9.17, 15) is 19.7 Å². The van der Waals surface area contributed by atoms with Crippen LogP contribution in [-0.4, -0.2) is 28.3 Å². The molecule has 7 nitrogen and oxygen atoms in total. The van der Waals surface area contributed by atoms with Crippen molar-refractivity contribution in [1.29, 1.82) is 0 Å². The topological polar surface area (TPSA) is 102 Å². The number of fused-ring (bicyclic) bond motifs is 1. The number of ketones is 1. The molecule has 0 saturated heterocycles. The first-order valence-corrected chi connectivity index (χ1v) is 9.16. The molecule has 1 N–H and O–H groups in total. The highest BCUT2D eigenvalue weighted by Gasteiger charge is 2.24. The van der Waals surface area contributed by atoms with Crippen molar-refractivity contribution >= 4 is 28.3 Å². The van der Waals surface area contributed by atoms with E-state index in [1.807, 2.05) is 54.6 Å². The molecule has 4 rings (SSSR count). The van der Waals surface area contributed by atoms with Crippen molar-refractivity contribution in [2.75, 3.05) is 6.61 Å². The van der Waals surface area contributed by atoms with Gasteiger partial charge in [0.25, 0.3) is 5.69 Å². The Hall–Kier alpha value is -4.26. The predicted molar refractivity (Wildman–Crippen MR) is 111 cm³/mol. The molecular weight excluding hydrogens is 384 g/mol. The maximum Gasteiger partial charge on any atom is 0.345 e. The fourth-order valence-corrected chi connectivity index (χ4v) is 3.34. The molecule has 0 fully saturated rings. The molecule has 4 aromatic rings. The Balaban J connectivity index is 1.65. The van der Waals surface area contributed by atoms with Gasteiger partial charge in [-0.2, -0.15) is 0 Å². The minimum Gasteiger partial charge on any atom is -0.454 e. The van der Waals surface area contributed by atoms with Crippen molar-refractivity contribution < 1.29 is 19.2 Å². The number of Topliss-reactive ketones (excluding diaryl/α,β-unsaturated/α-hetero) is 1. The summed E-state index contributed by atoms with van der Waals surface area (Å²) >= 11 is 0. The standard InChI is InChI=1S/C23H16N2O5/c26-20(14-30-23(27)17-11-5-7-13-19(17)25(28)29)21-16-10-4-6-12-18(16)24-22(21)15-8-2-1-3-9-15/h1-13,24H,14H2. The molecule has 0 aliphatic rings. The van der Waals surface area contributed by atoms with Gasteiger partial charge in [-0.25, -0.2) is 4.79 Å². The van der Waals surface area contributed by atoms with Crippen LogP contribution in [0.4, 0.5) is 5.69 Å². The number of H-pyrrole nitrogens is 1. The minimum absolute atomic E-state index is 0.197. The highest BCUT2D eigenvalue weighted by atomic mass is 16.6. The number of nitro benzene ring substituents is 1. The number of rotatable bonds is 6. The number of hydrogen-bond donors (Lipinski definition) is 1. The molecule has 7 heteroatoms. The second kappa shape index (κ2) is 8.00. The van der Waals surface area contributed by atoms with Crippen LogP contribution in [0, 0.1) is 10.1 Å². The lowest BCUT2D eigenvalue weighted by Crippen LogP contribution is -2.15. The van der Waals surface area contributed by atoms with Crippen molar-refractivity contribution in [2.24, 2.45) is 0 Å². The first-order chi connectivity index (χ1) is 14.6. The lowest BCUT2D eigenvalue weighted by Gasteiger charge is -2.07. The molecule has 0 atom stereocenters. The van der Waals surface area contributed by atoms with Gasteiger partial charge in [0.15, 0.2) is 6.61 Å². The number of aromatic amines is 1. The van der Waals surface area contributed by atoms with E-state index in [1.165, 1.54) is 24.3 Å². The summed E-state index contributed by atoms with van der Waals surface area (Å²) < 4.78 is 5.14. The van der Waals surface area contributed by atoms with Crippen LogP contribution in [-0.2, 0) is 4.74 Å². The van der Waals surface area contributed by atoms with E-state index in [4.69, 9.17) is 4.74 Å². The summed E-state index contributed by atoms with van der Waals surface area (Å²) in [7, 11) is 0. The highest BCUT2D eigenvalue weighted by molar-refractivity contribution is 6.14. The Morgan fingerprint density at radius 3 is 2.33 bits per heavy atom. The summed E-state index contributed by atoms with van der Waals surface area (Å²) in [4.78, 5) is 39.1. The van der Waals surface area contributed by atoms with Crippen LogP contribution in [0.15, 0.2) is 78.9 Å². The first-order valence-electron chi connectivity index (χ1n) is 9.16. The van der Waals surface area contributed by atoms with Crippen LogP contribution in [0.3, 0.4) is 0 Å². The second-order valence-corrected chi connectivity index (χ2v) is 6.56. The third-order valence-corrected chi connectivity index (χ3v) is 4.70. The van der Waals surface area contributed by atoms with Gasteiger partial charge < -0.3 is 9.72 Å². The van der Waals surface area contributed by atoms with E-state index in [1.54, 1.807) is 0 Å². The molecule has 0 amide bonds. The number of hydrogen-bond acceptors (Lipinski definition) is 5. The van der Waals surface area contributed by atoms with E-state index < -0.39 is 23.3 Å². The van der Waals surface area contributed by atoms with Crippen molar-refractivity contribution in [3.8, 4) is 11.3 Å². The van der Waals surface area contributed by atoms with E-state index in [0.717, 1.165) is 11.1 Å². The molecule has 0 radical (unpaired) electrons. The van der Waals surface area contributed by atoms with Gasteiger partial charge in [0.1, 0.15) is 5.56 Å². The Bertz CT molecular complexity index is 1260. The number of carbonyl (C=O) groups excluding carboxylic acids is 2. The summed E-state index contributed by atoms with van der Waals surface area (Å²) in [5.74, 6) is -1.32. The normalized spacial score (nSPS) is 10.7. The Morgan fingerprint density at radius 2 is 1.57 bits per heavy atom. The Labute approximate surface area is 171 Å². The molecule has 0 aliphatic heterocycles. The number of carbonyl (C=O) groups is 2. The van der Waals surface area contributed by atoms with E-state index >= 15 is 0 Å². The summed E-state index contributed by atoms with van der Waals surface area (Å²) in [6.45, 7) is -0.535. The first kappa shape index (κ1) is 19.1. The van der Waals surface area contributed by atoms with E-state index in [2.05, 4.69) is 4.98 Å². The lowest BCUT2D eigenvalue weighted by atomic mass is 10.0. The average Bonchev–Trinajstić information content (AvgIpc) is 3.17. The third kappa shape index (κ3) is 3.56. The van der Waals surface area contributed by atoms with Gasteiger partial charge in [-0.3, -0.25) is 14.9 Å². The fourth-order valence-electron chi connectivity index (χ4n) is 3.34. The molecule has 3 aromatic carbocycles. The molecule has 30 heavy (non-hydrogen) atoms. The molecule has 0 saturated carbocycles. The van der Waals surface area contributed by atoms with Gasteiger partial charge in [-0.05, 0) is 17.7 Å². The van der Waals surface area contributed by atoms with Gasteiger partial charge in [0.05, 0.1) is 16.2 Å². The predicted octanol–water partition coefficient (Wildman–Crippen LogP) is 4.78. The fraction of sp³-hybridized carbons (Fsp3) is 0.0435. The second-order valence-electron chi connectivity index (χ2n) is 6.56. The van der Waals surface area contributed by atoms with Crippen molar-refractivity contribution in [3.05, 3.63) is 100 Å². The number of benzene rings is 3. The molecule has 1 heterocycles. The number of para-hydroxylation sites is 2. The Kier molecular flexibility index (Phi) is 5.09. The molecule has 0 bridgehead atoms. The quantitative estimate of drug-likeness (QED) is 0.217. The van der Waals surface area contributed by atoms with E-state index in [-0.39, 0.29) is 11.3 Å². The monoisotopic (exact) mass is 400 g/mol. The lowest BCUT2D eigenvalue weighted by molar-refractivity contribution is -0.385. The van der Waals surface area contributed by atoms with Gasteiger partial charge in [0.2, 0.25) is 5.78 Å². The number of ether oxygens (including phenoxy) is 1. The molecule has 0 unspecified atom stereocenters. The summed E-state index contributed by atoms with van der Waals surface area (Å²) in [5, 5.41) is 11.8. The zero-order valence-corrected chi connectivity index (χ0v) is 15.7. The van der Waals surface area contributed by atoms with Crippen LogP contribution in [0.2, 0.25) is 0 Å². The average molecular weight is 400 g/mol. The zero-order valence-electron chi connectivity index (χ0n) is 15.7. The number of nitrogens with zero attached hydrogens (tertiary/aromatic N) is 1. The van der Waals surface area contributed by atoms with Crippen LogP contribution >= 0.6 is 0 Å². The van der Waals surface area contributed by atoms with Crippen LogP contribution in [0.25, 0.3) is 22.2 Å². The van der Waals surface area contributed by atoms with Gasteiger partial charge in [-0.1, -0.05) is 60.7 Å². The molecule has 0 spiro atoms. The number of nitrogens with one attached hydrogen (secondary N) is 1. The maximum atomic E-state index is 13.0. The smallest absolute Gasteiger partial charge is 0.345 e. The van der Waals surface area contributed by atoms with Crippen LogP contribution in [0.1, 0.15) is 20.7 Å². The Morgan fingerprint density at radius 1 is 0.900 bits per heavy atom. The minimum atomic E-state index is -0.920. The van der Waals surface area contributed by atoms with Crippen LogP contribution in [0.5, 0.6) is 0 Å². The number of nitro groups is 1. The molecule has 0 aliphatic carbocycles. The van der Waals surface area contributed by atoms with Crippen molar-refractivity contribution in [2.45, 2.75) is 0 Å². The molecule has 148 valence electrons. The summed E-state index contributed by atoms with van der Waals surface area (Å²) in [5.41, 5.74) is 2.08. The van der Waals surface area contributed by atoms with E-state index in [0.29, 0.717) is 16.6 Å². The number of aromatic nitrogens is 1. The largest absolute Gasteiger partial charge is 0.454 e.